The summed E-state index contributed by atoms with van der Waals surface area (Å²) in [5, 5.41) is 10.5. The van der Waals surface area contributed by atoms with Gasteiger partial charge in [-0.1, -0.05) is 48.5 Å². The Balaban J connectivity index is 1.72. The lowest BCUT2D eigenvalue weighted by Crippen LogP contribution is -2.30. The predicted molar refractivity (Wildman–Crippen MR) is 107 cm³/mol. The van der Waals surface area contributed by atoms with Crippen LogP contribution < -0.4 is 0 Å². The van der Waals surface area contributed by atoms with Crippen LogP contribution >= 0.6 is 0 Å². The molecule has 1 saturated heterocycles. The molecule has 1 N–H and O–H groups in total. The second-order valence-corrected chi connectivity index (χ2v) is 7.45. The Labute approximate surface area is 163 Å². The summed E-state index contributed by atoms with van der Waals surface area (Å²) < 4.78 is 0. The number of pyridine rings is 1. The zero-order chi connectivity index (χ0) is 19.8. The minimum Gasteiger partial charge on any atom is -0.481 e. The lowest BCUT2D eigenvalue weighted by Gasteiger charge is -2.18. The summed E-state index contributed by atoms with van der Waals surface area (Å²) in [6, 6.07) is 17.2. The van der Waals surface area contributed by atoms with Crippen LogP contribution in [0.5, 0.6) is 0 Å². The molecule has 1 aromatic heterocycles. The van der Waals surface area contributed by atoms with Gasteiger partial charge in [0.05, 0.1) is 17.0 Å². The first kappa shape index (κ1) is 18.2. The number of hydrogen-bond donors (Lipinski definition) is 1. The lowest BCUT2D eigenvalue weighted by atomic mass is 9.89. The van der Waals surface area contributed by atoms with Crippen molar-refractivity contribution in [2.24, 2.45) is 5.92 Å². The molecule has 0 aliphatic carbocycles. The van der Waals surface area contributed by atoms with Gasteiger partial charge in [0.15, 0.2) is 0 Å². The smallest absolute Gasteiger partial charge is 0.308 e. The molecule has 0 radical (unpaired) electrons. The molecule has 28 heavy (non-hydrogen) atoms. The average molecular weight is 374 g/mol. The molecule has 5 heteroatoms. The number of aliphatic carboxylic acids is 1. The number of amides is 1. The average Bonchev–Trinajstić information content (AvgIpc) is 3.14. The van der Waals surface area contributed by atoms with Gasteiger partial charge in [-0.3, -0.25) is 14.6 Å². The lowest BCUT2D eigenvalue weighted by molar-refractivity contribution is -0.141. The van der Waals surface area contributed by atoms with E-state index in [1.807, 2.05) is 62.4 Å². The number of aromatic nitrogens is 1. The Morgan fingerprint density at radius 2 is 1.79 bits per heavy atom. The Morgan fingerprint density at radius 1 is 1.04 bits per heavy atom. The summed E-state index contributed by atoms with van der Waals surface area (Å²) in [5.41, 5.74) is 4.15. The molecule has 142 valence electrons. The first-order chi connectivity index (χ1) is 13.5. The fraction of sp³-hybridized carbons (Fsp3) is 0.261. The molecule has 1 fully saturated rings. The molecule has 2 aromatic carbocycles. The van der Waals surface area contributed by atoms with Crippen LogP contribution in [0.1, 0.15) is 33.1 Å². The van der Waals surface area contributed by atoms with Crippen molar-refractivity contribution in [1.29, 1.82) is 0 Å². The number of para-hydroxylation sites is 1. The van der Waals surface area contributed by atoms with E-state index in [2.05, 4.69) is 4.98 Å². The van der Waals surface area contributed by atoms with Crippen molar-refractivity contribution in [3.63, 3.8) is 0 Å². The minimum absolute atomic E-state index is 0.134. The van der Waals surface area contributed by atoms with Crippen LogP contribution in [-0.2, 0) is 4.79 Å². The molecule has 4 rings (SSSR count). The number of likely N-dealkylation sites (tertiary alicyclic amines) is 1. The normalized spacial score (nSPS) is 19.1. The number of carbonyl (C=O) groups is 2. The third kappa shape index (κ3) is 3.13. The number of fused-ring (bicyclic) bond motifs is 1. The van der Waals surface area contributed by atoms with E-state index in [0.29, 0.717) is 12.1 Å². The molecule has 0 bridgehead atoms. The number of aryl methyl sites for hydroxylation is 2. The summed E-state index contributed by atoms with van der Waals surface area (Å²) in [5.74, 6) is -1.82. The second kappa shape index (κ2) is 7.08. The maximum atomic E-state index is 13.4. The number of carboxylic acid groups (broad SMARTS) is 1. The molecular formula is C23H22N2O3. The highest BCUT2D eigenvalue weighted by Gasteiger charge is 2.40. The number of benzene rings is 2. The topological polar surface area (TPSA) is 70.5 Å². The molecule has 1 amide bonds. The van der Waals surface area contributed by atoms with E-state index in [0.717, 1.165) is 27.7 Å². The molecule has 2 heterocycles. The van der Waals surface area contributed by atoms with E-state index in [-0.39, 0.29) is 18.4 Å². The van der Waals surface area contributed by atoms with Crippen molar-refractivity contribution in [2.75, 3.05) is 13.1 Å². The summed E-state index contributed by atoms with van der Waals surface area (Å²) in [6.07, 6.45) is 0. The highest BCUT2D eigenvalue weighted by molar-refractivity contribution is 6.07. The monoisotopic (exact) mass is 374 g/mol. The van der Waals surface area contributed by atoms with E-state index in [4.69, 9.17) is 0 Å². The predicted octanol–water partition coefficient (Wildman–Crippen LogP) is 3.79. The van der Waals surface area contributed by atoms with Crippen molar-refractivity contribution in [3.8, 4) is 0 Å². The van der Waals surface area contributed by atoms with Crippen molar-refractivity contribution in [1.82, 2.24) is 9.88 Å². The van der Waals surface area contributed by atoms with Crippen molar-refractivity contribution in [3.05, 3.63) is 77.0 Å². The standard InChI is InChI=1S/C23H22N2O3/c1-14-7-6-10-17-18(11-15(2)24-21(14)17)22(26)25-12-19(20(13-25)23(27)28)16-8-4-3-5-9-16/h3-11,19-20H,12-13H2,1-2H3,(H,27,28). The maximum Gasteiger partial charge on any atom is 0.308 e. The van der Waals surface area contributed by atoms with Gasteiger partial charge in [-0.25, -0.2) is 0 Å². The summed E-state index contributed by atoms with van der Waals surface area (Å²) >= 11 is 0. The highest BCUT2D eigenvalue weighted by atomic mass is 16.4. The van der Waals surface area contributed by atoms with Gasteiger partial charge in [-0.2, -0.15) is 0 Å². The number of rotatable bonds is 3. The first-order valence-corrected chi connectivity index (χ1v) is 9.39. The van der Waals surface area contributed by atoms with Crippen LogP contribution in [0.4, 0.5) is 0 Å². The molecule has 0 spiro atoms. The van der Waals surface area contributed by atoms with Crippen molar-refractivity contribution in [2.45, 2.75) is 19.8 Å². The fourth-order valence-corrected chi connectivity index (χ4v) is 4.13. The Kier molecular flexibility index (Phi) is 4.59. The maximum absolute atomic E-state index is 13.4. The van der Waals surface area contributed by atoms with Crippen LogP contribution in [0.2, 0.25) is 0 Å². The van der Waals surface area contributed by atoms with Gasteiger partial charge >= 0.3 is 5.97 Å². The number of carbonyl (C=O) groups excluding carboxylic acids is 1. The zero-order valence-corrected chi connectivity index (χ0v) is 15.9. The van der Waals surface area contributed by atoms with Gasteiger partial charge in [0, 0.05) is 30.1 Å². The van der Waals surface area contributed by atoms with E-state index in [9.17, 15) is 14.7 Å². The van der Waals surface area contributed by atoms with Crippen LogP contribution in [0.15, 0.2) is 54.6 Å². The highest BCUT2D eigenvalue weighted by Crippen LogP contribution is 2.34. The molecule has 3 aromatic rings. The molecule has 2 unspecified atom stereocenters. The number of nitrogens with zero attached hydrogens (tertiary/aromatic N) is 2. The molecule has 2 atom stereocenters. The van der Waals surface area contributed by atoms with E-state index in [1.165, 1.54) is 0 Å². The quantitative estimate of drug-likeness (QED) is 0.757. The van der Waals surface area contributed by atoms with E-state index < -0.39 is 11.9 Å². The van der Waals surface area contributed by atoms with Gasteiger partial charge in [-0.05, 0) is 31.0 Å². The van der Waals surface area contributed by atoms with Gasteiger partial charge < -0.3 is 10.0 Å². The Hall–Kier alpha value is -3.21. The molecule has 0 saturated carbocycles. The summed E-state index contributed by atoms with van der Waals surface area (Å²) in [6.45, 7) is 4.46. The molecule has 5 nitrogen and oxygen atoms in total. The first-order valence-electron chi connectivity index (χ1n) is 9.39. The second-order valence-electron chi connectivity index (χ2n) is 7.45. The SMILES string of the molecule is Cc1cc(C(=O)N2CC(C(=O)O)C(c3ccccc3)C2)c2cccc(C)c2n1. The molecule has 1 aliphatic heterocycles. The number of carboxylic acids is 1. The van der Waals surface area contributed by atoms with Gasteiger partial charge in [0.25, 0.3) is 5.91 Å². The van der Waals surface area contributed by atoms with Crippen LogP contribution in [-0.4, -0.2) is 40.0 Å². The zero-order valence-electron chi connectivity index (χ0n) is 15.9. The Morgan fingerprint density at radius 3 is 2.50 bits per heavy atom. The largest absolute Gasteiger partial charge is 0.481 e. The van der Waals surface area contributed by atoms with E-state index in [1.54, 1.807) is 11.0 Å². The third-order valence-corrected chi connectivity index (χ3v) is 5.55. The van der Waals surface area contributed by atoms with Crippen LogP contribution in [0.25, 0.3) is 10.9 Å². The van der Waals surface area contributed by atoms with Crippen molar-refractivity contribution >= 4 is 22.8 Å². The molecule has 1 aliphatic rings. The van der Waals surface area contributed by atoms with Crippen molar-refractivity contribution < 1.29 is 14.7 Å². The van der Waals surface area contributed by atoms with E-state index >= 15 is 0 Å². The number of hydrogen-bond acceptors (Lipinski definition) is 3. The van der Waals surface area contributed by atoms with Crippen LogP contribution in [0, 0.1) is 19.8 Å². The minimum atomic E-state index is -0.865. The van der Waals surface area contributed by atoms with Gasteiger partial charge in [-0.15, -0.1) is 0 Å². The Bertz CT molecular complexity index is 1060. The van der Waals surface area contributed by atoms with Gasteiger partial charge in [0.2, 0.25) is 0 Å². The van der Waals surface area contributed by atoms with Gasteiger partial charge in [0.1, 0.15) is 0 Å². The third-order valence-electron chi connectivity index (χ3n) is 5.55. The van der Waals surface area contributed by atoms with Crippen LogP contribution in [0.3, 0.4) is 0 Å². The molecular weight excluding hydrogens is 352 g/mol. The summed E-state index contributed by atoms with van der Waals surface area (Å²) in [4.78, 5) is 31.5. The summed E-state index contributed by atoms with van der Waals surface area (Å²) in [7, 11) is 0. The fourth-order valence-electron chi connectivity index (χ4n) is 4.13.